The summed E-state index contributed by atoms with van der Waals surface area (Å²) in [6.45, 7) is 9.59. The summed E-state index contributed by atoms with van der Waals surface area (Å²) in [4.78, 5) is 26.2. The van der Waals surface area contributed by atoms with Crippen LogP contribution in [0.1, 0.15) is 67.6 Å². The maximum atomic E-state index is 13.2. The van der Waals surface area contributed by atoms with Gasteiger partial charge in [0.15, 0.2) is 0 Å². The lowest BCUT2D eigenvalue weighted by molar-refractivity contribution is -0.168. The molecular weight excluding hydrogens is 516 g/mol. The average Bonchev–Trinajstić information content (AvgIpc) is 2.99. The van der Waals surface area contributed by atoms with E-state index in [1.54, 1.807) is 26.2 Å². The van der Waals surface area contributed by atoms with Gasteiger partial charge in [-0.2, -0.15) is 0 Å². The molecule has 0 saturated carbocycles. The first-order valence-corrected chi connectivity index (χ1v) is 14.2. The van der Waals surface area contributed by atoms with E-state index >= 15 is 0 Å². The molecule has 3 rings (SSSR count). The lowest BCUT2D eigenvalue weighted by Gasteiger charge is -2.36. The Morgan fingerprint density at radius 3 is 2.12 bits per heavy atom. The topological polar surface area (TPSA) is 71.1 Å². The highest BCUT2D eigenvalue weighted by molar-refractivity contribution is 5.89. The molecule has 41 heavy (non-hydrogen) atoms. The van der Waals surface area contributed by atoms with E-state index in [1.807, 2.05) is 92.7 Å². The number of benzene rings is 3. The number of esters is 2. The molecule has 0 unspecified atom stereocenters. The summed E-state index contributed by atoms with van der Waals surface area (Å²) < 4.78 is 23.7. The van der Waals surface area contributed by atoms with Crippen LogP contribution in [0.4, 0.5) is 0 Å². The van der Waals surface area contributed by atoms with Crippen molar-refractivity contribution >= 4 is 11.9 Å². The second-order valence-electron chi connectivity index (χ2n) is 10.5. The number of methoxy groups -OCH3 is 1. The molecule has 3 aromatic carbocycles. The van der Waals surface area contributed by atoms with Crippen LogP contribution in [-0.4, -0.2) is 37.9 Å². The summed E-state index contributed by atoms with van der Waals surface area (Å²) in [6, 6.07) is 26.5. The fourth-order valence-corrected chi connectivity index (χ4v) is 4.74. The van der Waals surface area contributed by atoms with Crippen molar-refractivity contribution in [2.75, 3.05) is 13.7 Å². The van der Waals surface area contributed by atoms with Gasteiger partial charge in [-0.3, -0.25) is 4.79 Å². The van der Waals surface area contributed by atoms with E-state index in [1.165, 1.54) is 0 Å². The smallest absolute Gasteiger partial charge is 0.338 e. The van der Waals surface area contributed by atoms with E-state index in [-0.39, 0.29) is 24.6 Å². The molecule has 0 aliphatic heterocycles. The molecule has 0 spiro atoms. The highest BCUT2D eigenvalue weighted by atomic mass is 16.6. The standard InChI is InChI=1S/C35H42O6/c1-6-8-19-30(41-33(36)28-17-13-10-14-18-28)25-31(24-26-15-11-9-12-16-26)40-32(35(3,4)34(37)39-7-2)27-20-22-29(38-5)23-21-27/h6,9-18,20-23,30-32H,1,7-8,19,24-25H2,2-5H3/t30-,31-,32+/m1/s1. The number of hydrogen-bond acceptors (Lipinski definition) is 6. The first-order chi connectivity index (χ1) is 19.8. The van der Waals surface area contributed by atoms with Crippen molar-refractivity contribution < 1.29 is 28.5 Å². The van der Waals surface area contributed by atoms with Crippen LogP contribution in [0.3, 0.4) is 0 Å². The molecule has 0 N–H and O–H groups in total. The van der Waals surface area contributed by atoms with E-state index in [2.05, 4.69) is 6.58 Å². The Hall–Kier alpha value is -3.90. The molecule has 0 fully saturated rings. The van der Waals surface area contributed by atoms with Gasteiger partial charge in [-0.1, -0.05) is 66.7 Å². The first-order valence-electron chi connectivity index (χ1n) is 14.2. The highest BCUT2D eigenvalue weighted by Crippen LogP contribution is 2.40. The van der Waals surface area contributed by atoms with Gasteiger partial charge in [-0.25, -0.2) is 4.79 Å². The van der Waals surface area contributed by atoms with Gasteiger partial charge in [0.05, 0.1) is 36.9 Å². The molecule has 3 aromatic rings. The summed E-state index contributed by atoms with van der Waals surface area (Å²) in [6.07, 6.45) is 2.68. The van der Waals surface area contributed by atoms with E-state index in [0.29, 0.717) is 37.0 Å². The first kappa shape index (κ1) is 31.6. The van der Waals surface area contributed by atoms with Gasteiger partial charge in [0, 0.05) is 6.42 Å². The second-order valence-corrected chi connectivity index (χ2v) is 10.5. The molecule has 0 radical (unpaired) electrons. The Morgan fingerprint density at radius 2 is 1.54 bits per heavy atom. The summed E-state index contributed by atoms with van der Waals surface area (Å²) in [5.41, 5.74) is 1.40. The highest BCUT2D eigenvalue weighted by Gasteiger charge is 2.42. The molecule has 0 aliphatic rings. The summed E-state index contributed by atoms with van der Waals surface area (Å²) in [5.74, 6) is -0.0192. The van der Waals surface area contributed by atoms with Crippen LogP contribution in [0.5, 0.6) is 5.75 Å². The predicted molar refractivity (Wildman–Crippen MR) is 161 cm³/mol. The van der Waals surface area contributed by atoms with Crippen LogP contribution < -0.4 is 4.74 Å². The molecule has 0 aliphatic carbocycles. The minimum atomic E-state index is -1.00. The van der Waals surface area contributed by atoms with Crippen LogP contribution >= 0.6 is 0 Å². The molecule has 3 atom stereocenters. The van der Waals surface area contributed by atoms with Crippen LogP contribution in [0, 0.1) is 5.41 Å². The maximum Gasteiger partial charge on any atom is 0.338 e. The summed E-state index contributed by atoms with van der Waals surface area (Å²) in [5, 5.41) is 0. The lowest BCUT2D eigenvalue weighted by atomic mass is 9.82. The lowest BCUT2D eigenvalue weighted by Crippen LogP contribution is -2.38. The molecule has 6 heteroatoms. The van der Waals surface area contributed by atoms with Crippen LogP contribution in [0.25, 0.3) is 0 Å². The molecule has 218 valence electrons. The van der Waals surface area contributed by atoms with Crippen LogP contribution in [0.2, 0.25) is 0 Å². The van der Waals surface area contributed by atoms with Gasteiger partial charge in [0.2, 0.25) is 0 Å². The quantitative estimate of drug-likeness (QED) is 0.134. The van der Waals surface area contributed by atoms with E-state index < -0.39 is 17.6 Å². The van der Waals surface area contributed by atoms with Gasteiger partial charge in [0.25, 0.3) is 0 Å². The van der Waals surface area contributed by atoms with Crippen molar-refractivity contribution in [2.45, 2.75) is 64.8 Å². The van der Waals surface area contributed by atoms with Gasteiger partial charge in [0.1, 0.15) is 11.9 Å². The predicted octanol–water partition coefficient (Wildman–Crippen LogP) is 7.54. The zero-order valence-electron chi connectivity index (χ0n) is 24.6. The minimum Gasteiger partial charge on any atom is -0.497 e. The van der Waals surface area contributed by atoms with Crippen molar-refractivity contribution in [1.82, 2.24) is 0 Å². The van der Waals surface area contributed by atoms with Crippen molar-refractivity contribution in [3.63, 3.8) is 0 Å². The average molecular weight is 559 g/mol. The van der Waals surface area contributed by atoms with Gasteiger partial charge in [-0.05, 0) is 75.4 Å². The Bertz CT molecular complexity index is 1220. The minimum absolute atomic E-state index is 0.268. The van der Waals surface area contributed by atoms with Gasteiger partial charge < -0.3 is 18.9 Å². The maximum absolute atomic E-state index is 13.2. The Morgan fingerprint density at radius 1 is 0.902 bits per heavy atom. The molecule has 6 nitrogen and oxygen atoms in total. The van der Waals surface area contributed by atoms with Crippen molar-refractivity contribution in [3.05, 3.63) is 114 Å². The molecule has 0 amide bonds. The normalized spacial score (nSPS) is 13.5. The van der Waals surface area contributed by atoms with Crippen LogP contribution in [0.15, 0.2) is 97.6 Å². The second kappa shape index (κ2) is 15.8. The monoisotopic (exact) mass is 558 g/mol. The summed E-state index contributed by atoms with van der Waals surface area (Å²) in [7, 11) is 1.61. The number of hydrogen-bond donors (Lipinski definition) is 0. The van der Waals surface area contributed by atoms with Crippen LogP contribution in [-0.2, 0) is 25.4 Å². The number of rotatable bonds is 16. The zero-order valence-corrected chi connectivity index (χ0v) is 24.6. The largest absolute Gasteiger partial charge is 0.497 e. The fourth-order valence-electron chi connectivity index (χ4n) is 4.74. The third-order valence-corrected chi connectivity index (χ3v) is 7.01. The van der Waals surface area contributed by atoms with E-state index in [4.69, 9.17) is 18.9 Å². The SMILES string of the molecule is C=CCC[C@H](C[C@@H](Cc1ccccc1)O[C@@H](c1ccc(OC)cc1)C(C)(C)C(=O)OCC)OC(=O)c1ccccc1. The van der Waals surface area contributed by atoms with Gasteiger partial charge in [-0.15, -0.1) is 6.58 Å². The van der Waals surface area contributed by atoms with Gasteiger partial charge >= 0.3 is 11.9 Å². The molecule has 0 heterocycles. The fraction of sp³-hybridized carbons (Fsp3) is 0.371. The zero-order chi connectivity index (χ0) is 29.7. The van der Waals surface area contributed by atoms with Crippen molar-refractivity contribution in [3.8, 4) is 5.75 Å². The number of ether oxygens (including phenoxy) is 4. The number of allylic oxidation sites excluding steroid dienone is 1. The Balaban J connectivity index is 1.96. The molecule has 0 aromatic heterocycles. The van der Waals surface area contributed by atoms with E-state index in [0.717, 1.165) is 11.1 Å². The molecular formula is C35H42O6. The third kappa shape index (κ3) is 9.32. The number of carbonyl (C=O) groups is 2. The van der Waals surface area contributed by atoms with Crippen molar-refractivity contribution in [1.29, 1.82) is 0 Å². The number of carbonyl (C=O) groups excluding carboxylic acids is 2. The summed E-state index contributed by atoms with van der Waals surface area (Å²) >= 11 is 0. The molecule has 0 saturated heterocycles. The van der Waals surface area contributed by atoms with Crippen molar-refractivity contribution in [2.24, 2.45) is 5.41 Å². The van der Waals surface area contributed by atoms with E-state index in [9.17, 15) is 9.59 Å². The molecule has 0 bridgehead atoms. The Labute approximate surface area is 244 Å². The Kier molecular flexibility index (Phi) is 12.2. The third-order valence-electron chi connectivity index (χ3n) is 7.01.